The monoisotopic (exact) mass is 438 g/mol. The number of halogens is 1. The molecule has 0 saturated heterocycles. The van der Waals surface area contributed by atoms with Crippen LogP contribution >= 0.6 is 24.0 Å². The SMILES string of the molecule is CN=C(NCCNS(C)(=O)=O)N1CCc2ccccc2C1.I. The van der Waals surface area contributed by atoms with E-state index in [4.69, 9.17) is 0 Å². The Balaban J connectivity index is 0.00000242. The number of fused-ring (bicyclic) bond motifs is 1. The van der Waals surface area contributed by atoms with Crippen LogP contribution in [0, 0.1) is 0 Å². The normalized spacial score (nSPS) is 15.0. The maximum absolute atomic E-state index is 11.0. The maximum atomic E-state index is 11.0. The Labute approximate surface area is 149 Å². The summed E-state index contributed by atoms with van der Waals surface area (Å²) in [6.07, 6.45) is 2.15. The van der Waals surface area contributed by atoms with Crippen LogP contribution in [0.1, 0.15) is 11.1 Å². The van der Waals surface area contributed by atoms with Crippen molar-refractivity contribution in [1.82, 2.24) is 14.9 Å². The zero-order valence-corrected chi connectivity index (χ0v) is 16.0. The van der Waals surface area contributed by atoms with Crippen molar-refractivity contribution in [2.45, 2.75) is 13.0 Å². The minimum Gasteiger partial charge on any atom is -0.355 e. The molecule has 0 fully saturated rings. The van der Waals surface area contributed by atoms with Gasteiger partial charge in [0.05, 0.1) is 6.26 Å². The lowest BCUT2D eigenvalue weighted by Gasteiger charge is -2.31. The molecular formula is C14H23IN4O2S. The number of nitrogens with one attached hydrogen (secondary N) is 2. The van der Waals surface area contributed by atoms with Crippen LogP contribution in [-0.4, -0.2) is 52.2 Å². The largest absolute Gasteiger partial charge is 0.355 e. The summed E-state index contributed by atoms with van der Waals surface area (Å²) in [4.78, 5) is 6.46. The number of aliphatic imine (C=N–C) groups is 1. The van der Waals surface area contributed by atoms with E-state index in [2.05, 4.69) is 44.2 Å². The summed E-state index contributed by atoms with van der Waals surface area (Å²) in [6, 6.07) is 8.42. The Bertz CT molecular complexity index is 619. The first-order valence-corrected chi connectivity index (χ1v) is 8.86. The first kappa shape index (κ1) is 19.2. The molecule has 1 aliphatic heterocycles. The van der Waals surface area contributed by atoms with Gasteiger partial charge in [0.2, 0.25) is 10.0 Å². The summed E-state index contributed by atoms with van der Waals surface area (Å²) in [5.74, 6) is 0.805. The van der Waals surface area contributed by atoms with Gasteiger partial charge in [-0.2, -0.15) is 0 Å². The van der Waals surface area contributed by atoms with Crippen molar-refractivity contribution < 1.29 is 8.42 Å². The molecule has 2 N–H and O–H groups in total. The topological polar surface area (TPSA) is 73.8 Å². The molecule has 1 aromatic carbocycles. The van der Waals surface area contributed by atoms with Crippen LogP contribution in [0.15, 0.2) is 29.3 Å². The molecule has 0 radical (unpaired) electrons. The summed E-state index contributed by atoms with van der Waals surface area (Å²) < 4.78 is 24.5. The summed E-state index contributed by atoms with van der Waals surface area (Å²) in [7, 11) is -1.39. The fourth-order valence-corrected chi connectivity index (χ4v) is 2.89. The molecular weight excluding hydrogens is 415 g/mol. The second-order valence-electron chi connectivity index (χ2n) is 5.08. The molecule has 124 valence electrons. The Morgan fingerprint density at radius 1 is 1.27 bits per heavy atom. The van der Waals surface area contributed by atoms with Crippen molar-refractivity contribution in [3.8, 4) is 0 Å². The molecule has 0 aliphatic carbocycles. The molecule has 0 spiro atoms. The molecule has 0 bridgehead atoms. The number of nitrogens with zero attached hydrogens (tertiary/aromatic N) is 2. The number of hydrogen-bond acceptors (Lipinski definition) is 3. The zero-order valence-electron chi connectivity index (χ0n) is 12.9. The number of hydrogen-bond donors (Lipinski definition) is 2. The van der Waals surface area contributed by atoms with E-state index in [9.17, 15) is 8.42 Å². The van der Waals surface area contributed by atoms with E-state index in [0.717, 1.165) is 31.7 Å². The average Bonchev–Trinajstić information content (AvgIpc) is 2.46. The van der Waals surface area contributed by atoms with E-state index in [1.807, 2.05) is 0 Å². The van der Waals surface area contributed by atoms with Crippen LogP contribution in [0.5, 0.6) is 0 Å². The second-order valence-corrected chi connectivity index (χ2v) is 6.91. The molecule has 1 heterocycles. The lowest BCUT2D eigenvalue weighted by atomic mass is 10.0. The highest BCUT2D eigenvalue weighted by atomic mass is 127. The fraction of sp³-hybridized carbons (Fsp3) is 0.500. The van der Waals surface area contributed by atoms with E-state index >= 15 is 0 Å². The van der Waals surface area contributed by atoms with Crippen LogP contribution in [0.3, 0.4) is 0 Å². The van der Waals surface area contributed by atoms with Crippen LogP contribution in [-0.2, 0) is 23.0 Å². The van der Waals surface area contributed by atoms with Gasteiger partial charge in [-0.1, -0.05) is 24.3 Å². The van der Waals surface area contributed by atoms with Gasteiger partial charge < -0.3 is 10.2 Å². The maximum Gasteiger partial charge on any atom is 0.208 e. The van der Waals surface area contributed by atoms with Gasteiger partial charge in [0.1, 0.15) is 0 Å². The Morgan fingerprint density at radius 2 is 1.95 bits per heavy atom. The number of sulfonamides is 1. The van der Waals surface area contributed by atoms with E-state index in [-0.39, 0.29) is 24.0 Å². The van der Waals surface area contributed by atoms with E-state index < -0.39 is 10.0 Å². The van der Waals surface area contributed by atoms with E-state index in [1.54, 1.807) is 7.05 Å². The Morgan fingerprint density at radius 3 is 2.59 bits per heavy atom. The van der Waals surface area contributed by atoms with Crippen molar-refractivity contribution in [2.75, 3.05) is 32.9 Å². The third-order valence-electron chi connectivity index (χ3n) is 3.41. The minimum atomic E-state index is -3.14. The van der Waals surface area contributed by atoms with E-state index in [1.165, 1.54) is 11.1 Å². The molecule has 0 aromatic heterocycles. The number of benzene rings is 1. The van der Waals surface area contributed by atoms with Gasteiger partial charge >= 0.3 is 0 Å². The van der Waals surface area contributed by atoms with Crippen molar-refractivity contribution in [3.63, 3.8) is 0 Å². The summed E-state index contributed by atoms with van der Waals surface area (Å²) >= 11 is 0. The van der Waals surface area contributed by atoms with Gasteiger partial charge in [0, 0.05) is 33.2 Å². The fourth-order valence-electron chi connectivity index (χ4n) is 2.42. The predicted octanol–water partition coefficient (Wildman–Crippen LogP) is 0.787. The van der Waals surface area contributed by atoms with Crippen LogP contribution < -0.4 is 10.0 Å². The van der Waals surface area contributed by atoms with Crippen LogP contribution in [0.2, 0.25) is 0 Å². The van der Waals surface area contributed by atoms with Crippen molar-refractivity contribution in [3.05, 3.63) is 35.4 Å². The summed E-state index contributed by atoms with van der Waals surface area (Å²) in [6.45, 7) is 2.60. The zero-order chi connectivity index (χ0) is 15.3. The lowest BCUT2D eigenvalue weighted by Crippen LogP contribution is -2.46. The summed E-state index contributed by atoms with van der Waals surface area (Å²) in [5.41, 5.74) is 2.71. The number of guanidine groups is 1. The van der Waals surface area contributed by atoms with Crippen molar-refractivity contribution in [1.29, 1.82) is 0 Å². The molecule has 6 nitrogen and oxygen atoms in total. The van der Waals surface area contributed by atoms with E-state index in [0.29, 0.717) is 13.1 Å². The molecule has 0 amide bonds. The molecule has 1 aromatic rings. The molecule has 22 heavy (non-hydrogen) atoms. The minimum absolute atomic E-state index is 0. The summed E-state index contributed by atoms with van der Waals surface area (Å²) in [5, 5.41) is 3.19. The molecule has 0 saturated carbocycles. The lowest BCUT2D eigenvalue weighted by molar-refractivity contribution is 0.379. The van der Waals surface area contributed by atoms with Gasteiger partial charge in [0.15, 0.2) is 5.96 Å². The van der Waals surface area contributed by atoms with Crippen molar-refractivity contribution >= 4 is 40.0 Å². The van der Waals surface area contributed by atoms with Gasteiger partial charge in [-0.05, 0) is 17.5 Å². The Kier molecular flexibility index (Phi) is 7.57. The molecule has 2 rings (SSSR count). The second kappa shape index (κ2) is 8.68. The third kappa shape index (κ3) is 5.73. The van der Waals surface area contributed by atoms with Crippen LogP contribution in [0.4, 0.5) is 0 Å². The predicted molar refractivity (Wildman–Crippen MR) is 100 cm³/mol. The molecule has 0 atom stereocenters. The first-order chi connectivity index (χ1) is 9.99. The highest BCUT2D eigenvalue weighted by Crippen LogP contribution is 2.18. The van der Waals surface area contributed by atoms with Gasteiger partial charge in [-0.3, -0.25) is 4.99 Å². The quantitative estimate of drug-likeness (QED) is 0.316. The highest BCUT2D eigenvalue weighted by Gasteiger charge is 2.18. The first-order valence-electron chi connectivity index (χ1n) is 6.96. The Hall–Kier alpha value is -0.870. The van der Waals surface area contributed by atoms with Gasteiger partial charge in [-0.25, -0.2) is 13.1 Å². The smallest absolute Gasteiger partial charge is 0.208 e. The molecule has 8 heteroatoms. The molecule has 1 aliphatic rings. The van der Waals surface area contributed by atoms with Crippen LogP contribution in [0.25, 0.3) is 0 Å². The van der Waals surface area contributed by atoms with Gasteiger partial charge in [-0.15, -0.1) is 24.0 Å². The third-order valence-corrected chi connectivity index (χ3v) is 4.14. The number of rotatable bonds is 4. The van der Waals surface area contributed by atoms with Gasteiger partial charge in [0.25, 0.3) is 0 Å². The average molecular weight is 438 g/mol. The standard InChI is InChI=1S/C14H22N4O2S.HI/c1-15-14(16-8-9-17-21(2,19)20)18-10-7-12-5-3-4-6-13(12)11-18;/h3-6,17H,7-11H2,1-2H3,(H,15,16);1H. The highest BCUT2D eigenvalue weighted by molar-refractivity contribution is 14.0. The molecule has 0 unspecified atom stereocenters. The van der Waals surface area contributed by atoms with Crippen molar-refractivity contribution in [2.24, 2.45) is 4.99 Å².